The number of pyridine rings is 1. The largest absolute Gasteiger partial charge is 0.279 e. The number of rotatable bonds is 2. The molecular weight excluding hydrogens is 279 g/mol. The molecule has 0 aliphatic carbocycles. The van der Waals surface area contributed by atoms with Gasteiger partial charge in [-0.2, -0.15) is 5.26 Å². The lowest BCUT2D eigenvalue weighted by molar-refractivity contribution is 0.637. The second-order valence-electron chi connectivity index (χ2n) is 4.93. The molecule has 108 valence electrons. The van der Waals surface area contributed by atoms with Crippen LogP contribution in [0.4, 0.5) is 4.39 Å². The normalized spacial score (nSPS) is 10.6. The van der Waals surface area contributed by atoms with E-state index < -0.39 is 11.4 Å². The van der Waals surface area contributed by atoms with Crippen molar-refractivity contribution >= 4 is 10.8 Å². The summed E-state index contributed by atoms with van der Waals surface area (Å²) in [5, 5.41) is 9.84. The van der Waals surface area contributed by atoms with Crippen LogP contribution in [0.1, 0.15) is 18.2 Å². The highest BCUT2D eigenvalue weighted by molar-refractivity contribution is 5.88. The third kappa shape index (κ3) is 1.99. The minimum atomic E-state index is -0.605. The van der Waals surface area contributed by atoms with E-state index in [0.717, 1.165) is 0 Å². The molecule has 0 saturated carbocycles. The smallest absolute Gasteiger partial charge is 0.266 e. The summed E-state index contributed by atoms with van der Waals surface area (Å²) in [5.74, 6) is -0.605. The van der Waals surface area contributed by atoms with E-state index in [4.69, 9.17) is 0 Å². The van der Waals surface area contributed by atoms with Gasteiger partial charge in [-0.25, -0.2) is 4.39 Å². The van der Waals surface area contributed by atoms with Crippen molar-refractivity contribution in [3.63, 3.8) is 0 Å². The summed E-state index contributed by atoms with van der Waals surface area (Å²) in [6.07, 6.45) is 0.499. The molecule has 0 spiro atoms. The van der Waals surface area contributed by atoms with Crippen LogP contribution in [0.2, 0.25) is 0 Å². The van der Waals surface area contributed by atoms with Crippen LogP contribution < -0.4 is 5.56 Å². The first-order chi connectivity index (χ1) is 10.7. The lowest BCUT2D eigenvalue weighted by Gasteiger charge is -2.15. The van der Waals surface area contributed by atoms with Gasteiger partial charge in [-0.1, -0.05) is 37.3 Å². The molecule has 0 unspecified atom stereocenters. The summed E-state index contributed by atoms with van der Waals surface area (Å²) in [4.78, 5) is 12.8. The minimum Gasteiger partial charge on any atom is -0.279 e. The highest BCUT2D eigenvalue weighted by Gasteiger charge is 2.18. The van der Waals surface area contributed by atoms with Gasteiger partial charge in [0.15, 0.2) is 0 Å². The average Bonchev–Trinajstić information content (AvgIpc) is 2.55. The Bertz CT molecular complexity index is 953. The molecule has 0 radical (unpaired) electrons. The molecule has 0 N–H and O–H groups in total. The Labute approximate surface area is 126 Å². The van der Waals surface area contributed by atoms with E-state index in [9.17, 15) is 14.4 Å². The molecular formula is C18H13FN2O. The number of hydrogen-bond acceptors (Lipinski definition) is 2. The van der Waals surface area contributed by atoms with Gasteiger partial charge in [0.05, 0.1) is 10.9 Å². The van der Waals surface area contributed by atoms with E-state index in [-0.39, 0.29) is 5.39 Å². The van der Waals surface area contributed by atoms with Crippen LogP contribution >= 0.6 is 0 Å². The van der Waals surface area contributed by atoms with Crippen LogP contribution in [-0.4, -0.2) is 4.57 Å². The van der Waals surface area contributed by atoms with Crippen LogP contribution in [0.3, 0.4) is 0 Å². The van der Waals surface area contributed by atoms with Crippen molar-refractivity contribution in [2.24, 2.45) is 0 Å². The molecule has 4 heteroatoms. The van der Waals surface area contributed by atoms with Crippen molar-refractivity contribution in [3.05, 3.63) is 76.0 Å². The fourth-order valence-electron chi connectivity index (χ4n) is 2.76. The molecule has 0 atom stereocenters. The van der Waals surface area contributed by atoms with Crippen LogP contribution in [0.15, 0.2) is 53.3 Å². The van der Waals surface area contributed by atoms with Gasteiger partial charge >= 0.3 is 0 Å². The Hall–Kier alpha value is -2.93. The van der Waals surface area contributed by atoms with Gasteiger partial charge in [0, 0.05) is 16.8 Å². The van der Waals surface area contributed by atoms with Gasteiger partial charge in [0.1, 0.15) is 11.9 Å². The van der Waals surface area contributed by atoms with Gasteiger partial charge in [-0.3, -0.25) is 9.36 Å². The third-order valence-electron chi connectivity index (χ3n) is 3.72. The number of aromatic nitrogens is 1. The number of hydrogen-bond donors (Lipinski definition) is 0. The number of para-hydroxylation sites is 1. The summed E-state index contributed by atoms with van der Waals surface area (Å²) < 4.78 is 15.6. The van der Waals surface area contributed by atoms with Gasteiger partial charge < -0.3 is 0 Å². The second kappa shape index (κ2) is 5.45. The number of benzene rings is 2. The maximum Gasteiger partial charge on any atom is 0.266 e. The first-order valence-electron chi connectivity index (χ1n) is 7.00. The van der Waals surface area contributed by atoms with Crippen LogP contribution in [0.25, 0.3) is 16.5 Å². The zero-order valence-electron chi connectivity index (χ0n) is 12.0. The highest BCUT2D eigenvalue weighted by Crippen LogP contribution is 2.23. The summed E-state index contributed by atoms with van der Waals surface area (Å²) in [5.41, 5.74) is 1.14. The van der Waals surface area contributed by atoms with Crippen molar-refractivity contribution in [1.29, 1.82) is 5.26 Å². The molecule has 1 heterocycles. The quantitative estimate of drug-likeness (QED) is 0.725. The number of nitriles is 1. The Morgan fingerprint density at radius 1 is 1.14 bits per heavy atom. The van der Waals surface area contributed by atoms with E-state index in [0.29, 0.717) is 28.8 Å². The van der Waals surface area contributed by atoms with Crippen LogP contribution in [0.5, 0.6) is 0 Å². The fraction of sp³-hybridized carbons (Fsp3) is 0.111. The minimum absolute atomic E-state index is 0.0416. The molecule has 0 amide bonds. The molecule has 3 aromatic rings. The topological polar surface area (TPSA) is 45.8 Å². The molecule has 3 rings (SSSR count). The number of halogens is 1. The van der Waals surface area contributed by atoms with Gasteiger partial charge in [-0.15, -0.1) is 0 Å². The van der Waals surface area contributed by atoms with E-state index in [1.165, 1.54) is 16.7 Å². The van der Waals surface area contributed by atoms with E-state index in [2.05, 4.69) is 6.07 Å². The SMILES string of the molecule is CCc1c(C#N)c2cccc(F)c2c(=O)n1-c1ccccc1. The standard InChI is InChI=1S/C18H13FN2O/c1-2-16-14(11-20)13-9-6-10-15(19)17(13)18(22)21(16)12-7-4-3-5-8-12/h3-10H,2H2,1H3. The maximum absolute atomic E-state index is 14.2. The van der Waals surface area contributed by atoms with Crippen molar-refractivity contribution < 1.29 is 4.39 Å². The van der Waals surface area contributed by atoms with Crippen LogP contribution in [0, 0.1) is 17.1 Å². The van der Waals surface area contributed by atoms with Crippen molar-refractivity contribution in [3.8, 4) is 11.8 Å². The molecule has 2 aromatic carbocycles. The Balaban J connectivity index is 2.58. The zero-order valence-corrected chi connectivity index (χ0v) is 12.0. The first-order valence-corrected chi connectivity index (χ1v) is 7.00. The molecule has 1 aromatic heterocycles. The van der Waals surface area contributed by atoms with E-state index in [1.54, 1.807) is 30.3 Å². The Morgan fingerprint density at radius 3 is 2.50 bits per heavy atom. The molecule has 0 saturated heterocycles. The predicted octanol–water partition coefficient (Wildman–Crippen LogP) is 3.56. The molecule has 0 aliphatic rings. The van der Waals surface area contributed by atoms with Gasteiger partial charge in [0.25, 0.3) is 5.56 Å². The average molecular weight is 292 g/mol. The molecule has 22 heavy (non-hydrogen) atoms. The summed E-state index contributed by atoms with van der Waals surface area (Å²) in [6, 6.07) is 15.5. The fourth-order valence-corrected chi connectivity index (χ4v) is 2.76. The van der Waals surface area contributed by atoms with E-state index in [1.807, 2.05) is 13.0 Å². The van der Waals surface area contributed by atoms with Crippen molar-refractivity contribution in [1.82, 2.24) is 4.57 Å². The summed E-state index contributed by atoms with van der Waals surface area (Å²) in [7, 11) is 0. The van der Waals surface area contributed by atoms with Gasteiger partial charge in [0.2, 0.25) is 0 Å². The second-order valence-corrected chi connectivity index (χ2v) is 4.93. The first kappa shape index (κ1) is 14.0. The zero-order chi connectivity index (χ0) is 15.7. The van der Waals surface area contributed by atoms with Gasteiger partial charge in [-0.05, 0) is 24.6 Å². The molecule has 0 bridgehead atoms. The number of fused-ring (bicyclic) bond motifs is 1. The third-order valence-corrected chi connectivity index (χ3v) is 3.72. The lowest BCUT2D eigenvalue weighted by atomic mass is 10.0. The van der Waals surface area contributed by atoms with Crippen LogP contribution in [-0.2, 0) is 6.42 Å². The summed E-state index contributed by atoms with van der Waals surface area (Å²) in [6.45, 7) is 1.88. The lowest BCUT2D eigenvalue weighted by Crippen LogP contribution is -2.24. The predicted molar refractivity (Wildman–Crippen MR) is 83.6 cm³/mol. The monoisotopic (exact) mass is 292 g/mol. The molecule has 0 fully saturated rings. The highest BCUT2D eigenvalue weighted by atomic mass is 19.1. The van der Waals surface area contributed by atoms with Crippen molar-refractivity contribution in [2.45, 2.75) is 13.3 Å². The molecule has 3 nitrogen and oxygen atoms in total. The number of nitrogens with zero attached hydrogens (tertiary/aromatic N) is 2. The van der Waals surface area contributed by atoms with Crippen molar-refractivity contribution in [2.75, 3.05) is 0 Å². The maximum atomic E-state index is 14.2. The summed E-state index contributed by atoms with van der Waals surface area (Å²) >= 11 is 0. The molecule has 0 aliphatic heterocycles. The Morgan fingerprint density at radius 2 is 1.86 bits per heavy atom. The van der Waals surface area contributed by atoms with E-state index >= 15 is 0 Å². The Kier molecular flexibility index (Phi) is 3.48.